The molecule has 0 aliphatic carbocycles. The van der Waals surface area contributed by atoms with E-state index in [1.165, 1.54) is 4.68 Å². The fourth-order valence-electron chi connectivity index (χ4n) is 1.12. The second kappa shape index (κ2) is 6.19. The molecule has 0 radical (unpaired) electrons. The van der Waals surface area contributed by atoms with Crippen LogP contribution in [0.3, 0.4) is 0 Å². The highest BCUT2D eigenvalue weighted by molar-refractivity contribution is 5.79. The van der Waals surface area contributed by atoms with Crippen molar-refractivity contribution in [1.29, 1.82) is 0 Å². The molecule has 90 valence electrons. The van der Waals surface area contributed by atoms with Gasteiger partial charge in [-0.05, 0) is 6.92 Å². The largest absolute Gasteiger partial charge is 0.390 e. The first-order valence-corrected chi connectivity index (χ1v) is 4.97. The minimum Gasteiger partial charge on any atom is -0.390 e. The maximum Gasteiger partial charge on any atom is 0.244 e. The summed E-state index contributed by atoms with van der Waals surface area (Å²) in [6.45, 7) is 2.45. The van der Waals surface area contributed by atoms with Crippen LogP contribution in [0.15, 0.2) is 6.20 Å². The van der Waals surface area contributed by atoms with E-state index in [-0.39, 0.29) is 12.5 Å². The predicted octanol–water partition coefficient (Wildman–Crippen LogP) is -0.906. The average Bonchev–Trinajstić information content (AvgIpc) is 2.76. The van der Waals surface area contributed by atoms with E-state index in [0.29, 0.717) is 18.8 Å². The lowest BCUT2D eigenvalue weighted by atomic mass is 10.3. The van der Waals surface area contributed by atoms with Crippen molar-refractivity contribution >= 4 is 5.91 Å². The highest BCUT2D eigenvalue weighted by atomic mass is 16.5. The first-order chi connectivity index (χ1) is 7.69. The van der Waals surface area contributed by atoms with Crippen LogP contribution in [0, 0.1) is 0 Å². The topological polar surface area (TPSA) is 89.3 Å². The Bertz CT molecular complexity index is 339. The molecular weight excluding hydrogens is 212 g/mol. The van der Waals surface area contributed by atoms with Gasteiger partial charge in [0.05, 0.1) is 19.4 Å². The Morgan fingerprint density at radius 3 is 3.06 bits per heavy atom. The van der Waals surface area contributed by atoms with E-state index in [0.717, 1.165) is 0 Å². The number of hydrogen-bond donors (Lipinski definition) is 2. The van der Waals surface area contributed by atoms with Crippen LogP contribution in [0.25, 0.3) is 0 Å². The number of aliphatic hydroxyl groups excluding tert-OH is 1. The molecule has 0 saturated heterocycles. The molecule has 1 unspecified atom stereocenters. The molecule has 2 N–H and O–H groups in total. The van der Waals surface area contributed by atoms with E-state index in [1.807, 2.05) is 0 Å². The van der Waals surface area contributed by atoms with Crippen molar-refractivity contribution in [2.75, 3.05) is 20.3 Å². The Hall–Kier alpha value is -1.47. The fraction of sp³-hybridized carbons (Fsp3) is 0.667. The summed E-state index contributed by atoms with van der Waals surface area (Å²) in [7, 11) is 1.57. The lowest BCUT2D eigenvalue weighted by Gasteiger charge is -2.11. The number of aliphatic hydroxyl groups is 1. The standard InChI is InChI=1S/C9H16N4O3/c1-7(9(15)10-3-4-16-2)13-5-8(6-14)11-12-13/h5,7,14H,3-4,6H2,1-2H3,(H,10,15). The van der Waals surface area contributed by atoms with Crippen LogP contribution < -0.4 is 5.32 Å². The van der Waals surface area contributed by atoms with Crippen LogP contribution in [0.5, 0.6) is 0 Å². The van der Waals surface area contributed by atoms with Gasteiger partial charge in [0.25, 0.3) is 0 Å². The molecule has 1 atom stereocenters. The normalized spacial score (nSPS) is 12.4. The first kappa shape index (κ1) is 12.6. The van der Waals surface area contributed by atoms with Gasteiger partial charge in [0.1, 0.15) is 11.7 Å². The number of ether oxygens (including phenoxy) is 1. The Labute approximate surface area is 93.4 Å². The lowest BCUT2D eigenvalue weighted by molar-refractivity contribution is -0.124. The van der Waals surface area contributed by atoms with E-state index in [1.54, 1.807) is 20.2 Å². The van der Waals surface area contributed by atoms with Crippen LogP contribution in [0.4, 0.5) is 0 Å². The summed E-state index contributed by atoms with van der Waals surface area (Å²) in [5, 5.41) is 18.9. The molecule has 7 heteroatoms. The van der Waals surface area contributed by atoms with Gasteiger partial charge in [-0.15, -0.1) is 5.10 Å². The molecule has 16 heavy (non-hydrogen) atoms. The number of hydrogen-bond acceptors (Lipinski definition) is 5. The smallest absolute Gasteiger partial charge is 0.244 e. The van der Waals surface area contributed by atoms with Gasteiger partial charge in [0.15, 0.2) is 0 Å². The molecule has 0 spiro atoms. The van der Waals surface area contributed by atoms with Gasteiger partial charge in [-0.1, -0.05) is 5.21 Å². The Kier molecular flexibility index (Phi) is 4.87. The molecule has 7 nitrogen and oxygen atoms in total. The zero-order valence-electron chi connectivity index (χ0n) is 9.38. The van der Waals surface area contributed by atoms with Crippen molar-refractivity contribution < 1.29 is 14.6 Å². The number of nitrogens with zero attached hydrogens (tertiary/aromatic N) is 3. The molecule has 0 bridgehead atoms. The number of aromatic nitrogens is 3. The van der Waals surface area contributed by atoms with Crippen molar-refractivity contribution in [1.82, 2.24) is 20.3 Å². The number of amides is 1. The Morgan fingerprint density at radius 2 is 2.50 bits per heavy atom. The van der Waals surface area contributed by atoms with Gasteiger partial charge in [-0.3, -0.25) is 4.79 Å². The zero-order valence-corrected chi connectivity index (χ0v) is 9.38. The minimum absolute atomic E-state index is 0.161. The van der Waals surface area contributed by atoms with Crippen molar-refractivity contribution in [2.24, 2.45) is 0 Å². The molecule has 1 rings (SSSR count). The Balaban J connectivity index is 2.49. The highest BCUT2D eigenvalue weighted by Crippen LogP contribution is 2.04. The van der Waals surface area contributed by atoms with Crippen molar-refractivity contribution in [3.8, 4) is 0 Å². The van der Waals surface area contributed by atoms with Gasteiger partial charge in [-0.2, -0.15) is 0 Å². The van der Waals surface area contributed by atoms with Crippen molar-refractivity contribution in [2.45, 2.75) is 19.6 Å². The molecule has 1 heterocycles. The van der Waals surface area contributed by atoms with Crippen molar-refractivity contribution in [3.05, 3.63) is 11.9 Å². The summed E-state index contributed by atoms with van der Waals surface area (Å²) < 4.78 is 6.23. The molecule has 1 aromatic heterocycles. The average molecular weight is 228 g/mol. The third-order valence-electron chi connectivity index (χ3n) is 2.10. The summed E-state index contributed by atoms with van der Waals surface area (Å²) in [6, 6.07) is -0.454. The molecule has 0 aliphatic heterocycles. The van der Waals surface area contributed by atoms with Crippen LogP contribution in [-0.4, -0.2) is 46.3 Å². The highest BCUT2D eigenvalue weighted by Gasteiger charge is 2.15. The van der Waals surface area contributed by atoms with Crippen LogP contribution in [0.2, 0.25) is 0 Å². The molecule has 1 amide bonds. The summed E-state index contributed by atoms with van der Waals surface area (Å²) >= 11 is 0. The second-order valence-corrected chi connectivity index (χ2v) is 3.31. The van der Waals surface area contributed by atoms with Gasteiger partial charge in [0.2, 0.25) is 5.91 Å². The SMILES string of the molecule is COCCNC(=O)C(C)n1cc(CO)nn1. The fourth-order valence-corrected chi connectivity index (χ4v) is 1.12. The van der Waals surface area contributed by atoms with Gasteiger partial charge in [-0.25, -0.2) is 4.68 Å². The summed E-state index contributed by atoms with van der Waals surface area (Å²) in [5.41, 5.74) is 0.441. The maximum absolute atomic E-state index is 11.6. The zero-order chi connectivity index (χ0) is 12.0. The molecule has 0 aliphatic rings. The summed E-state index contributed by atoms with van der Waals surface area (Å²) in [6.07, 6.45) is 1.54. The van der Waals surface area contributed by atoms with Gasteiger partial charge < -0.3 is 15.2 Å². The van der Waals surface area contributed by atoms with E-state index in [2.05, 4.69) is 15.6 Å². The van der Waals surface area contributed by atoms with Crippen LogP contribution in [0.1, 0.15) is 18.7 Å². The third kappa shape index (κ3) is 3.28. The van der Waals surface area contributed by atoms with E-state index < -0.39 is 6.04 Å². The van der Waals surface area contributed by atoms with Crippen LogP contribution in [-0.2, 0) is 16.1 Å². The van der Waals surface area contributed by atoms with E-state index in [9.17, 15) is 4.79 Å². The summed E-state index contributed by atoms with van der Waals surface area (Å²) in [4.78, 5) is 11.6. The second-order valence-electron chi connectivity index (χ2n) is 3.31. The van der Waals surface area contributed by atoms with Crippen molar-refractivity contribution in [3.63, 3.8) is 0 Å². The number of methoxy groups -OCH3 is 1. The van der Waals surface area contributed by atoms with Gasteiger partial charge >= 0.3 is 0 Å². The first-order valence-electron chi connectivity index (χ1n) is 4.97. The van der Waals surface area contributed by atoms with Crippen LogP contribution >= 0.6 is 0 Å². The monoisotopic (exact) mass is 228 g/mol. The molecule has 0 fully saturated rings. The molecular formula is C9H16N4O3. The number of carbonyl (C=O) groups is 1. The number of nitrogens with one attached hydrogen (secondary N) is 1. The van der Waals surface area contributed by atoms with E-state index in [4.69, 9.17) is 9.84 Å². The quantitative estimate of drug-likeness (QED) is 0.615. The molecule has 0 aromatic carbocycles. The molecule has 1 aromatic rings. The Morgan fingerprint density at radius 1 is 1.75 bits per heavy atom. The molecule has 0 saturated carbocycles. The predicted molar refractivity (Wildman–Crippen MR) is 55.5 cm³/mol. The maximum atomic E-state index is 11.6. The minimum atomic E-state index is -0.454. The third-order valence-corrected chi connectivity index (χ3v) is 2.10. The van der Waals surface area contributed by atoms with E-state index >= 15 is 0 Å². The number of rotatable bonds is 6. The number of carbonyl (C=O) groups excluding carboxylic acids is 1. The van der Waals surface area contributed by atoms with Gasteiger partial charge in [0, 0.05) is 13.7 Å². The summed E-state index contributed by atoms with van der Waals surface area (Å²) in [5.74, 6) is -0.161. The lowest BCUT2D eigenvalue weighted by Crippen LogP contribution is -2.33.